The summed E-state index contributed by atoms with van der Waals surface area (Å²) in [6.07, 6.45) is 42.7. The van der Waals surface area contributed by atoms with Gasteiger partial charge in [-0.3, -0.25) is 4.79 Å². The van der Waals surface area contributed by atoms with E-state index >= 15 is 0 Å². The van der Waals surface area contributed by atoms with Gasteiger partial charge in [-0.1, -0.05) is 301 Å². The third kappa shape index (κ3) is 39.1. The lowest BCUT2D eigenvalue weighted by atomic mass is 9.96. The number of allylic oxidation sites excluding steroid dienone is 4. The second kappa shape index (κ2) is 58.7. The summed E-state index contributed by atoms with van der Waals surface area (Å²) in [7, 11) is 0. The molecule has 0 radical (unpaired) electrons. The molecule has 0 aromatic heterocycles. The zero-order chi connectivity index (χ0) is 69.6. The zero-order valence-corrected chi connectivity index (χ0v) is 60.4. The molecule has 0 aliphatic carbocycles. The van der Waals surface area contributed by atoms with Gasteiger partial charge in [0.15, 0.2) is 18.9 Å². The largest absolute Gasteiger partial charge is 0.394 e. The van der Waals surface area contributed by atoms with Crippen LogP contribution in [0.5, 0.6) is 0 Å². The van der Waals surface area contributed by atoms with Crippen LogP contribution in [0, 0.1) is 0 Å². The number of hydrogen-bond acceptors (Lipinski definition) is 18. The van der Waals surface area contributed by atoms with Crippen LogP contribution in [0.2, 0.25) is 0 Å². The molecule has 19 nitrogen and oxygen atoms in total. The number of hydrogen-bond donors (Lipinski definition) is 12. The van der Waals surface area contributed by atoms with Gasteiger partial charge >= 0.3 is 0 Å². The smallest absolute Gasteiger partial charge is 0.220 e. The first-order valence-corrected chi connectivity index (χ1v) is 39.6. The summed E-state index contributed by atoms with van der Waals surface area (Å²) in [5.74, 6) is -0.243. The minimum Gasteiger partial charge on any atom is -0.394 e. The van der Waals surface area contributed by atoms with E-state index in [0.29, 0.717) is 12.8 Å². The minimum atomic E-state index is -1.97. The van der Waals surface area contributed by atoms with Crippen molar-refractivity contribution in [1.29, 1.82) is 0 Å². The first-order chi connectivity index (χ1) is 46.8. The molecule has 19 heteroatoms. The molecule has 3 aliphatic rings. The highest BCUT2D eigenvalue weighted by atomic mass is 16.8. The molecule has 17 unspecified atom stereocenters. The van der Waals surface area contributed by atoms with Crippen molar-refractivity contribution in [3.63, 3.8) is 0 Å². The van der Waals surface area contributed by atoms with Crippen molar-refractivity contribution in [1.82, 2.24) is 5.32 Å². The SMILES string of the molecule is CCCCC/C=C\C/C=C\CCCCCCCCCCCC(=O)NC(COC1OC(CO)C(OC2OC(CO)C(OC3OC(CO)C(O)C(O)C3O)C(O)C2O)C(O)C1O)C(O)CCCCCCCCCCCCCCCCCCCCCCCCCCCCCCCCCC. The van der Waals surface area contributed by atoms with Crippen LogP contribution >= 0.6 is 0 Å². The maximum atomic E-state index is 13.5. The van der Waals surface area contributed by atoms with E-state index in [2.05, 4.69) is 43.5 Å². The number of carbonyl (C=O) groups is 1. The zero-order valence-electron chi connectivity index (χ0n) is 60.4. The summed E-state index contributed by atoms with van der Waals surface area (Å²) in [5, 5.41) is 121. The normalized spacial score (nSPS) is 27.1. The van der Waals surface area contributed by atoms with Gasteiger partial charge in [0.1, 0.15) is 73.2 Å². The summed E-state index contributed by atoms with van der Waals surface area (Å²) in [5.41, 5.74) is 0. The Kier molecular flexibility index (Phi) is 54.1. The molecule has 566 valence electrons. The molecule has 12 N–H and O–H groups in total. The van der Waals surface area contributed by atoms with E-state index in [1.165, 1.54) is 238 Å². The highest BCUT2D eigenvalue weighted by Gasteiger charge is 2.54. The number of ether oxygens (including phenoxy) is 6. The summed E-state index contributed by atoms with van der Waals surface area (Å²) in [6, 6.07) is -0.890. The number of unbranched alkanes of at least 4 members (excludes halogenated alkanes) is 43. The summed E-state index contributed by atoms with van der Waals surface area (Å²) < 4.78 is 34.5. The third-order valence-electron chi connectivity index (χ3n) is 20.0. The number of amides is 1. The maximum absolute atomic E-state index is 13.5. The van der Waals surface area contributed by atoms with E-state index in [1.54, 1.807) is 0 Å². The van der Waals surface area contributed by atoms with Crippen molar-refractivity contribution in [3.8, 4) is 0 Å². The Morgan fingerprint density at radius 3 is 1.08 bits per heavy atom. The van der Waals surface area contributed by atoms with Gasteiger partial charge in [-0.2, -0.15) is 0 Å². The Hall–Kier alpha value is -1.73. The van der Waals surface area contributed by atoms with E-state index in [0.717, 1.165) is 57.8 Å². The van der Waals surface area contributed by atoms with Gasteiger partial charge in [0.05, 0.1) is 38.6 Å². The monoisotopic (exact) mass is 1370 g/mol. The second-order valence-corrected chi connectivity index (χ2v) is 28.5. The van der Waals surface area contributed by atoms with Crippen molar-refractivity contribution >= 4 is 5.91 Å². The van der Waals surface area contributed by atoms with E-state index in [9.17, 15) is 61.0 Å². The molecule has 3 aliphatic heterocycles. The van der Waals surface area contributed by atoms with Crippen molar-refractivity contribution in [2.24, 2.45) is 0 Å². The van der Waals surface area contributed by atoms with E-state index < -0.39 is 124 Å². The fraction of sp³-hybridized carbons (Fsp3) is 0.935. The average Bonchev–Trinajstić information content (AvgIpc) is 0.798. The van der Waals surface area contributed by atoms with Gasteiger partial charge < -0.3 is 89.9 Å². The van der Waals surface area contributed by atoms with E-state index in [1.807, 2.05) is 0 Å². The molecule has 3 rings (SSSR count). The average molecular weight is 1370 g/mol. The third-order valence-corrected chi connectivity index (χ3v) is 20.0. The van der Waals surface area contributed by atoms with Crippen LogP contribution in [-0.4, -0.2) is 193 Å². The van der Waals surface area contributed by atoms with Gasteiger partial charge in [-0.05, 0) is 44.9 Å². The molecule has 3 saturated heterocycles. The predicted octanol–water partition coefficient (Wildman–Crippen LogP) is 12.6. The highest BCUT2D eigenvalue weighted by molar-refractivity contribution is 5.76. The lowest BCUT2D eigenvalue weighted by Gasteiger charge is -2.48. The predicted molar refractivity (Wildman–Crippen MR) is 379 cm³/mol. The van der Waals surface area contributed by atoms with E-state index in [-0.39, 0.29) is 18.9 Å². The van der Waals surface area contributed by atoms with Crippen molar-refractivity contribution in [2.45, 2.75) is 433 Å². The van der Waals surface area contributed by atoms with Crippen LogP contribution in [0.4, 0.5) is 0 Å². The van der Waals surface area contributed by atoms with Gasteiger partial charge in [-0.15, -0.1) is 0 Å². The first kappa shape index (κ1) is 88.5. The topological polar surface area (TPSA) is 307 Å². The molecule has 17 atom stereocenters. The molecule has 0 saturated carbocycles. The first-order valence-electron chi connectivity index (χ1n) is 39.6. The Morgan fingerprint density at radius 2 is 0.688 bits per heavy atom. The molecular weight excluding hydrogens is 1230 g/mol. The molecule has 1 amide bonds. The summed E-state index contributed by atoms with van der Waals surface area (Å²) >= 11 is 0. The lowest BCUT2D eigenvalue weighted by Crippen LogP contribution is -2.66. The highest BCUT2D eigenvalue weighted by Crippen LogP contribution is 2.33. The number of nitrogens with one attached hydrogen (secondary N) is 1. The van der Waals surface area contributed by atoms with Crippen LogP contribution < -0.4 is 5.32 Å². The molecule has 0 aromatic carbocycles. The fourth-order valence-corrected chi connectivity index (χ4v) is 13.6. The Bertz CT molecular complexity index is 1830. The Labute approximate surface area is 581 Å². The van der Waals surface area contributed by atoms with Crippen LogP contribution in [0.3, 0.4) is 0 Å². The van der Waals surface area contributed by atoms with Gasteiger partial charge in [0.25, 0.3) is 0 Å². The molecular formula is C77H145NO18. The number of rotatable bonds is 63. The molecule has 0 bridgehead atoms. The van der Waals surface area contributed by atoms with Gasteiger partial charge in [0, 0.05) is 6.42 Å². The number of aliphatic hydroxyl groups excluding tert-OH is 11. The standard InChI is InChI=1S/C77H145NO18/c1-3-5-7-9-11-13-15-17-19-21-23-24-25-26-27-28-29-30-31-32-33-34-35-37-38-40-42-44-46-48-50-52-54-61(82)60(78-65(83)55-53-51-49-47-45-43-41-39-36-22-20-18-16-14-12-10-8-6-4-2)59-91-75-71(89)68(86)73(63(57-80)93-75)96-77-72(90)69(87)74(64(58-81)94-77)95-76-70(88)67(85)66(84)62(56-79)92-76/h12,14,18,20,60-64,66-77,79-82,84-90H,3-11,13,15-17,19,21-59H2,1-2H3,(H,78,83)/b14-12-,20-18-. The maximum Gasteiger partial charge on any atom is 0.220 e. The molecule has 3 heterocycles. The van der Waals surface area contributed by atoms with Gasteiger partial charge in [-0.25, -0.2) is 0 Å². The minimum absolute atomic E-state index is 0.243. The number of aliphatic hydroxyl groups is 11. The summed E-state index contributed by atoms with van der Waals surface area (Å²) in [6.45, 7) is 1.82. The lowest BCUT2D eigenvalue weighted by molar-refractivity contribution is -0.379. The second-order valence-electron chi connectivity index (χ2n) is 28.5. The molecule has 0 spiro atoms. The molecule has 96 heavy (non-hydrogen) atoms. The van der Waals surface area contributed by atoms with E-state index in [4.69, 9.17) is 28.4 Å². The molecule has 3 fully saturated rings. The quantitative estimate of drug-likeness (QED) is 0.0199. The van der Waals surface area contributed by atoms with Crippen LogP contribution in [0.25, 0.3) is 0 Å². The van der Waals surface area contributed by atoms with Crippen LogP contribution in [0.1, 0.15) is 328 Å². The fourth-order valence-electron chi connectivity index (χ4n) is 13.6. The van der Waals surface area contributed by atoms with Crippen molar-refractivity contribution in [2.75, 3.05) is 26.4 Å². The molecule has 0 aromatic rings. The van der Waals surface area contributed by atoms with Gasteiger partial charge in [0.2, 0.25) is 5.91 Å². The van der Waals surface area contributed by atoms with Crippen LogP contribution in [-0.2, 0) is 33.2 Å². The Balaban J connectivity index is 1.36. The number of carbonyl (C=O) groups excluding carboxylic acids is 1. The Morgan fingerprint density at radius 1 is 0.375 bits per heavy atom. The van der Waals surface area contributed by atoms with Crippen molar-refractivity contribution in [3.05, 3.63) is 24.3 Å². The van der Waals surface area contributed by atoms with Crippen LogP contribution in [0.15, 0.2) is 24.3 Å². The summed E-state index contributed by atoms with van der Waals surface area (Å²) in [4.78, 5) is 13.5. The van der Waals surface area contributed by atoms with Crippen molar-refractivity contribution < 1.29 is 89.4 Å².